The summed E-state index contributed by atoms with van der Waals surface area (Å²) in [6, 6.07) is 6.70. The number of benzene rings is 2. The maximum absolute atomic E-state index is 14.3. The second-order valence-electron chi connectivity index (χ2n) is 10.2. The molecule has 210 valence electrons. The number of hydrazine groups is 1. The Morgan fingerprint density at radius 2 is 0.974 bits per heavy atom. The lowest BCUT2D eigenvalue weighted by molar-refractivity contribution is 0.0887. The third kappa shape index (κ3) is 5.56. The molecule has 2 aliphatic rings. The standard InChI is InChI=1S/C24H32N2O8S4/c1-17-5-7-23(19(3)13-17)37(31,32)25(21-9-11-35(27,28)15-21)26(22-10-12-36(29,30)16-22)38(33,34)24-8-6-18(2)14-20(24)4/h5-8,13-14,21-22H,9-12,15-16H2,1-4H3/t21-,22+. The molecule has 0 aliphatic carbocycles. The molecule has 0 aromatic heterocycles. The van der Waals surface area contributed by atoms with Gasteiger partial charge in [0.2, 0.25) is 0 Å². The van der Waals surface area contributed by atoms with Crippen LogP contribution in [0.1, 0.15) is 35.1 Å². The van der Waals surface area contributed by atoms with E-state index in [1.165, 1.54) is 12.1 Å². The molecule has 0 N–H and O–H groups in total. The summed E-state index contributed by atoms with van der Waals surface area (Å²) < 4.78 is 109. The highest BCUT2D eigenvalue weighted by atomic mass is 32.2. The molecule has 2 heterocycles. The summed E-state index contributed by atoms with van der Waals surface area (Å²) in [5.41, 5.74) is 2.30. The average molecular weight is 605 g/mol. The maximum atomic E-state index is 14.3. The topological polar surface area (TPSA) is 143 Å². The summed E-state index contributed by atoms with van der Waals surface area (Å²) in [6.07, 6.45) is -0.240. The van der Waals surface area contributed by atoms with Crippen molar-refractivity contribution in [2.75, 3.05) is 23.0 Å². The van der Waals surface area contributed by atoms with Crippen molar-refractivity contribution in [1.29, 1.82) is 0 Å². The second kappa shape index (κ2) is 9.97. The van der Waals surface area contributed by atoms with Crippen molar-refractivity contribution < 1.29 is 33.7 Å². The van der Waals surface area contributed by atoms with Gasteiger partial charge >= 0.3 is 0 Å². The van der Waals surface area contributed by atoms with Crippen LogP contribution in [0.15, 0.2) is 46.2 Å². The van der Waals surface area contributed by atoms with Crippen molar-refractivity contribution in [2.45, 2.75) is 62.4 Å². The quantitative estimate of drug-likeness (QED) is 0.436. The highest BCUT2D eigenvalue weighted by Gasteiger charge is 2.51. The fourth-order valence-corrected chi connectivity index (χ4v) is 13.0. The zero-order valence-corrected chi connectivity index (χ0v) is 24.9. The molecule has 4 rings (SSSR count). The van der Waals surface area contributed by atoms with E-state index in [1.807, 2.05) is 0 Å². The Balaban J connectivity index is 2.01. The number of nitrogens with zero attached hydrogens (tertiary/aromatic N) is 2. The van der Waals surface area contributed by atoms with E-state index in [4.69, 9.17) is 0 Å². The van der Waals surface area contributed by atoms with Crippen LogP contribution in [-0.2, 0) is 39.7 Å². The molecule has 38 heavy (non-hydrogen) atoms. The van der Waals surface area contributed by atoms with Crippen LogP contribution in [0.25, 0.3) is 0 Å². The van der Waals surface area contributed by atoms with Crippen LogP contribution in [-0.4, -0.2) is 77.6 Å². The van der Waals surface area contributed by atoms with Crippen molar-refractivity contribution in [3.8, 4) is 0 Å². The Morgan fingerprint density at radius 1 is 0.632 bits per heavy atom. The van der Waals surface area contributed by atoms with Crippen molar-refractivity contribution in [2.24, 2.45) is 0 Å². The summed E-state index contributed by atoms with van der Waals surface area (Å²) in [7, 11) is -16.6. The molecule has 0 radical (unpaired) electrons. The third-order valence-corrected chi connectivity index (χ3v) is 14.5. The zero-order chi connectivity index (χ0) is 28.3. The van der Waals surface area contributed by atoms with Crippen LogP contribution in [0.4, 0.5) is 0 Å². The van der Waals surface area contributed by atoms with Gasteiger partial charge in [-0.15, -0.1) is 8.83 Å². The predicted octanol–water partition coefficient (Wildman–Crippen LogP) is 1.89. The molecule has 2 aromatic carbocycles. The number of hydrogen-bond donors (Lipinski definition) is 0. The van der Waals surface area contributed by atoms with E-state index < -0.39 is 63.3 Å². The minimum Gasteiger partial charge on any atom is -0.229 e. The van der Waals surface area contributed by atoms with Crippen molar-refractivity contribution in [3.05, 3.63) is 58.7 Å². The molecular weight excluding hydrogens is 573 g/mol. The van der Waals surface area contributed by atoms with E-state index in [1.54, 1.807) is 52.0 Å². The average Bonchev–Trinajstić information content (AvgIpc) is 3.31. The molecule has 0 spiro atoms. The molecule has 0 unspecified atom stereocenters. The fourth-order valence-electron chi connectivity index (χ4n) is 5.20. The van der Waals surface area contributed by atoms with E-state index >= 15 is 0 Å². The lowest BCUT2D eigenvalue weighted by Gasteiger charge is -2.40. The summed E-state index contributed by atoms with van der Waals surface area (Å²) >= 11 is 0. The molecule has 14 heteroatoms. The molecule has 2 fully saturated rings. The lowest BCUT2D eigenvalue weighted by Crippen LogP contribution is -2.59. The first-order valence-electron chi connectivity index (χ1n) is 12.1. The molecule has 2 saturated heterocycles. The Labute approximate surface area is 225 Å². The highest BCUT2D eigenvalue weighted by Crippen LogP contribution is 2.36. The van der Waals surface area contributed by atoms with Gasteiger partial charge in [0, 0.05) is 0 Å². The van der Waals surface area contributed by atoms with Gasteiger partial charge in [0.05, 0.1) is 44.9 Å². The van der Waals surface area contributed by atoms with Gasteiger partial charge in [-0.05, 0) is 63.8 Å². The van der Waals surface area contributed by atoms with E-state index in [-0.39, 0.29) is 34.1 Å². The van der Waals surface area contributed by atoms with Crippen molar-refractivity contribution in [3.63, 3.8) is 0 Å². The molecule has 0 saturated carbocycles. The Kier molecular flexibility index (Phi) is 7.65. The number of sulfone groups is 2. The monoisotopic (exact) mass is 604 g/mol. The minimum atomic E-state index is -4.65. The number of aryl methyl sites for hydroxylation is 4. The van der Waals surface area contributed by atoms with Crippen molar-refractivity contribution >= 4 is 39.7 Å². The van der Waals surface area contributed by atoms with Crippen LogP contribution in [0.2, 0.25) is 0 Å². The molecule has 0 bridgehead atoms. The molecule has 2 atom stereocenters. The van der Waals surface area contributed by atoms with Gasteiger partial charge in [-0.25, -0.2) is 33.7 Å². The molecule has 2 aliphatic heterocycles. The van der Waals surface area contributed by atoms with E-state index in [0.29, 0.717) is 20.0 Å². The summed E-state index contributed by atoms with van der Waals surface area (Å²) in [5.74, 6) is -1.76. The largest absolute Gasteiger partial charge is 0.257 e. The van der Waals surface area contributed by atoms with Gasteiger partial charge in [0.25, 0.3) is 20.0 Å². The van der Waals surface area contributed by atoms with E-state index in [2.05, 4.69) is 0 Å². The van der Waals surface area contributed by atoms with E-state index in [9.17, 15) is 33.7 Å². The minimum absolute atomic E-state index is 0.120. The van der Waals surface area contributed by atoms with Crippen molar-refractivity contribution in [1.82, 2.24) is 8.83 Å². The van der Waals surface area contributed by atoms with Crippen LogP contribution in [0.3, 0.4) is 0 Å². The Bertz CT molecular complexity index is 1570. The SMILES string of the molecule is Cc1ccc(S(=O)(=O)N([C@@H]2CCS(=O)(=O)C2)N([C@H]2CCS(=O)(=O)C2)S(=O)(=O)c2ccc(C)cc2C)c(C)c1. The summed E-state index contributed by atoms with van der Waals surface area (Å²) in [4.78, 5) is -0.344. The third-order valence-electron chi connectivity index (χ3n) is 6.95. The Hall–Kier alpha value is -1.84. The molecule has 0 amide bonds. The number of hydrogen-bond acceptors (Lipinski definition) is 8. The lowest BCUT2D eigenvalue weighted by atomic mass is 10.2. The fraction of sp³-hybridized carbons (Fsp3) is 0.500. The first-order valence-corrected chi connectivity index (χ1v) is 18.6. The molecule has 2 aromatic rings. The van der Waals surface area contributed by atoms with Gasteiger partial charge in [-0.2, -0.15) is 0 Å². The molecular formula is C24H32N2O8S4. The van der Waals surface area contributed by atoms with Crippen LogP contribution in [0.5, 0.6) is 0 Å². The normalized spacial score (nSPS) is 23.3. The van der Waals surface area contributed by atoms with Gasteiger partial charge in [-0.1, -0.05) is 35.4 Å². The highest BCUT2D eigenvalue weighted by molar-refractivity contribution is 7.93. The zero-order valence-electron chi connectivity index (χ0n) is 21.7. The first-order chi connectivity index (χ1) is 17.4. The Morgan fingerprint density at radius 3 is 1.24 bits per heavy atom. The predicted molar refractivity (Wildman–Crippen MR) is 144 cm³/mol. The first kappa shape index (κ1) is 29.2. The van der Waals surface area contributed by atoms with Crippen LogP contribution >= 0.6 is 0 Å². The number of sulfonamides is 2. The van der Waals surface area contributed by atoms with Gasteiger partial charge < -0.3 is 0 Å². The summed E-state index contributed by atoms with van der Waals surface area (Å²) in [5, 5.41) is 0. The maximum Gasteiger partial charge on any atom is 0.257 e. The molecule has 10 nitrogen and oxygen atoms in total. The van der Waals surface area contributed by atoms with E-state index in [0.717, 1.165) is 11.1 Å². The van der Waals surface area contributed by atoms with Gasteiger partial charge in [0.15, 0.2) is 19.7 Å². The summed E-state index contributed by atoms with van der Waals surface area (Å²) in [6.45, 7) is 6.72. The van der Waals surface area contributed by atoms with Gasteiger partial charge in [0.1, 0.15) is 0 Å². The second-order valence-corrected chi connectivity index (χ2v) is 18.2. The smallest absolute Gasteiger partial charge is 0.229 e. The number of rotatable bonds is 7. The van der Waals surface area contributed by atoms with Gasteiger partial charge in [-0.3, -0.25) is 0 Å². The van der Waals surface area contributed by atoms with Crippen LogP contribution < -0.4 is 0 Å². The van der Waals surface area contributed by atoms with Crippen LogP contribution in [0, 0.1) is 27.7 Å².